The Kier molecular flexibility index (Phi) is 8.07. The van der Waals surface area contributed by atoms with Crippen LogP contribution in [0.4, 0.5) is 5.69 Å². The quantitative estimate of drug-likeness (QED) is 0.372. The molecule has 2 saturated heterocycles. The Bertz CT molecular complexity index is 1410. The van der Waals surface area contributed by atoms with Crippen LogP contribution in [-0.2, 0) is 25.5 Å². The van der Waals surface area contributed by atoms with Gasteiger partial charge in [0.2, 0.25) is 17.7 Å². The molecular formula is C32H34Cl3N3O4. The fourth-order valence-corrected chi connectivity index (χ4v) is 7.96. The molecule has 1 aliphatic carbocycles. The Morgan fingerprint density at radius 2 is 1.71 bits per heavy atom. The highest BCUT2D eigenvalue weighted by atomic mass is 35.5. The van der Waals surface area contributed by atoms with Gasteiger partial charge in [-0.15, -0.1) is 0 Å². The largest absolute Gasteiger partial charge is 0.359 e. The number of hydrogen-bond acceptors (Lipinski definition) is 4. The number of benzene rings is 2. The SMILES string of the molecule is C[C@@H]1[C@H](C)CCC[C@@H]1NC(=O)[C@@H]1N(CCc2ccc(Cl)cc2)C(=O)[C@@H]2[C@H](C(=O)Nc3cc(Cl)cc(Cl)c3)[C@@H]3C=C[C@]21O3. The van der Waals surface area contributed by atoms with E-state index in [2.05, 4.69) is 24.5 Å². The molecule has 1 saturated carbocycles. The number of nitrogens with zero attached hydrogens (tertiary/aromatic N) is 1. The molecule has 2 aromatic rings. The highest BCUT2D eigenvalue weighted by Gasteiger charge is 2.72. The molecule has 3 fully saturated rings. The molecule has 222 valence electrons. The van der Waals surface area contributed by atoms with E-state index >= 15 is 0 Å². The summed E-state index contributed by atoms with van der Waals surface area (Å²) in [5.74, 6) is -1.72. The number of hydrogen-bond donors (Lipinski definition) is 2. The number of fused-ring (bicyclic) bond motifs is 1. The lowest BCUT2D eigenvalue weighted by Gasteiger charge is -2.38. The van der Waals surface area contributed by atoms with E-state index in [0.29, 0.717) is 45.6 Å². The highest BCUT2D eigenvalue weighted by molar-refractivity contribution is 6.35. The van der Waals surface area contributed by atoms with E-state index in [-0.39, 0.29) is 23.8 Å². The maximum absolute atomic E-state index is 14.2. The Morgan fingerprint density at radius 3 is 2.43 bits per heavy atom. The van der Waals surface area contributed by atoms with Crippen LogP contribution in [0.2, 0.25) is 15.1 Å². The van der Waals surface area contributed by atoms with Gasteiger partial charge in [-0.25, -0.2) is 0 Å². The third-order valence-electron chi connectivity index (χ3n) is 9.64. The molecular weight excluding hydrogens is 597 g/mol. The average Bonchev–Trinajstić information content (AvgIpc) is 3.57. The molecule has 10 heteroatoms. The third kappa shape index (κ3) is 5.23. The van der Waals surface area contributed by atoms with Crippen molar-refractivity contribution < 1.29 is 19.1 Å². The lowest BCUT2D eigenvalue weighted by Crippen LogP contribution is -2.58. The van der Waals surface area contributed by atoms with E-state index < -0.39 is 29.6 Å². The van der Waals surface area contributed by atoms with Crippen LogP contribution < -0.4 is 10.6 Å². The first-order valence-electron chi connectivity index (χ1n) is 14.6. The van der Waals surface area contributed by atoms with Gasteiger partial charge in [-0.05, 0) is 60.6 Å². The van der Waals surface area contributed by atoms with Gasteiger partial charge in [0.1, 0.15) is 11.6 Å². The molecule has 0 unspecified atom stereocenters. The fourth-order valence-electron chi connectivity index (χ4n) is 7.31. The van der Waals surface area contributed by atoms with Gasteiger partial charge in [0.25, 0.3) is 0 Å². The second kappa shape index (κ2) is 11.5. The lowest BCUT2D eigenvalue weighted by atomic mass is 9.73. The number of carbonyl (C=O) groups excluding carboxylic acids is 3. The van der Waals surface area contributed by atoms with Crippen LogP contribution in [0, 0.1) is 23.7 Å². The Labute approximate surface area is 260 Å². The zero-order valence-electron chi connectivity index (χ0n) is 23.5. The van der Waals surface area contributed by atoms with Gasteiger partial charge in [-0.3, -0.25) is 14.4 Å². The lowest BCUT2D eigenvalue weighted by molar-refractivity contribution is -0.141. The molecule has 2 aromatic carbocycles. The third-order valence-corrected chi connectivity index (χ3v) is 10.3. The van der Waals surface area contributed by atoms with Crippen molar-refractivity contribution in [2.45, 2.75) is 63.3 Å². The number of carbonyl (C=O) groups is 3. The summed E-state index contributed by atoms with van der Waals surface area (Å²) in [5, 5.41) is 7.55. The Morgan fingerprint density at radius 1 is 1.00 bits per heavy atom. The minimum Gasteiger partial charge on any atom is -0.359 e. The molecule has 7 nitrogen and oxygen atoms in total. The minimum absolute atomic E-state index is 0.0131. The van der Waals surface area contributed by atoms with Gasteiger partial charge >= 0.3 is 0 Å². The van der Waals surface area contributed by atoms with E-state index in [0.717, 1.165) is 24.8 Å². The standard InChI is InChI=1S/C32H34Cl3N3O4/c1-17-4-3-5-24(18(17)2)37-30(40)28-32-12-10-25(42-32)26(29(39)36-23-15-21(34)14-22(35)16-23)27(32)31(41)38(28)13-11-19-6-8-20(33)9-7-19/h6-10,12,14-18,24-28H,3-5,11,13H2,1-2H3,(H,36,39)(H,37,40)/t17-,18-,24+,25+,26-,27+,28+,32+/m1/s1. The van der Waals surface area contributed by atoms with Crippen molar-refractivity contribution in [3.8, 4) is 0 Å². The molecule has 2 bridgehead atoms. The van der Waals surface area contributed by atoms with E-state index in [1.54, 1.807) is 23.1 Å². The van der Waals surface area contributed by atoms with Crippen molar-refractivity contribution in [1.82, 2.24) is 10.2 Å². The molecule has 8 atom stereocenters. The van der Waals surface area contributed by atoms with Gasteiger partial charge in [-0.2, -0.15) is 0 Å². The van der Waals surface area contributed by atoms with Gasteiger partial charge in [0.05, 0.1) is 17.9 Å². The normalized spacial score (nSPS) is 33.1. The van der Waals surface area contributed by atoms with Gasteiger partial charge in [0, 0.05) is 33.3 Å². The number of nitrogens with one attached hydrogen (secondary N) is 2. The number of rotatable bonds is 7. The summed E-state index contributed by atoms with van der Waals surface area (Å²) in [4.78, 5) is 43.7. The van der Waals surface area contributed by atoms with E-state index in [1.807, 2.05) is 36.4 Å². The Balaban J connectivity index is 1.30. The number of amides is 3. The van der Waals surface area contributed by atoms with Crippen LogP contribution in [0.5, 0.6) is 0 Å². The van der Waals surface area contributed by atoms with Crippen LogP contribution in [0.3, 0.4) is 0 Å². The minimum atomic E-state index is -1.23. The summed E-state index contributed by atoms with van der Waals surface area (Å²) < 4.78 is 6.48. The number of halogens is 3. The first-order chi connectivity index (χ1) is 20.1. The first-order valence-corrected chi connectivity index (χ1v) is 15.7. The fraction of sp³-hybridized carbons (Fsp3) is 0.469. The molecule has 3 aliphatic heterocycles. The van der Waals surface area contributed by atoms with Gasteiger partial charge in [0.15, 0.2) is 0 Å². The molecule has 3 amide bonds. The summed E-state index contributed by atoms with van der Waals surface area (Å²) in [6, 6.07) is 11.3. The van der Waals surface area contributed by atoms with E-state index in [1.165, 1.54) is 0 Å². The van der Waals surface area contributed by atoms with Crippen molar-refractivity contribution in [3.63, 3.8) is 0 Å². The molecule has 42 heavy (non-hydrogen) atoms. The summed E-state index contributed by atoms with van der Waals surface area (Å²) >= 11 is 18.4. The zero-order chi connectivity index (χ0) is 29.8. The van der Waals surface area contributed by atoms with Gasteiger partial charge in [-0.1, -0.05) is 85.8 Å². The predicted octanol–water partition coefficient (Wildman–Crippen LogP) is 5.92. The van der Waals surface area contributed by atoms with Crippen molar-refractivity contribution in [3.05, 3.63) is 75.2 Å². The number of anilines is 1. The van der Waals surface area contributed by atoms with E-state index in [4.69, 9.17) is 39.5 Å². The van der Waals surface area contributed by atoms with E-state index in [9.17, 15) is 14.4 Å². The Hall–Kier alpha value is -2.58. The maximum atomic E-state index is 14.2. The molecule has 4 aliphatic rings. The van der Waals surface area contributed by atoms with Crippen molar-refractivity contribution in [2.75, 3.05) is 11.9 Å². The molecule has 0 radical (unpaired) electrons. The zero-order valence-corrected chi connectivity index (χ0v) is 25.8. The molecule has 3 heterocycles. The monoisotopic (exact) mass is 629 g/mol. The summed E-state index contributed by atoms with van der Waals surface area (Å²) in [7, 11) is 0. The van der Waals surface area contributed by atoms with Crippen LogP contribution in [0.25, 0.3) is 0 Å². The van der Waals surface area contributed by atoms with Crippen molar-refractivity contribution in [1.29, 1.82) is 0 Å². The molecule has 1 spiro atoms. The number of ether oxygens (including phenoxy) is 1. The van der Waals surface area contributed by atoms with Crippen molar-refractivity contribution in [2.24, 2.45) is 23.7 Å². The first kappa shape index (κ1) is 29.5. The average molecular weight is 631 g/mol. The second-order valence-electron chi connectivity index (χ2n) is 12.1. The predicted molar refractivity (Wildman–Crippen MR) is 164 cm³/mol. The summed E-state index contributed by atoms with van der Waals surface area (Å²) in [5.41, 5.74) is 0.185. The van der Waals surface area contributed by atoms with Crippen LogP contribution in [-0.4, -0.2) is 53.0 Å². The van der Waals surface area contributed by atoms with Crippen LogP contribution in [0.15, 0.2) is 54.6 Å². The molecule has 2 N–H and O–H groups in total. The topological polar surface area (TPSA) is 87.7 Å². The highest BCUT2D eigenvalue weighted by Crippen LogP contribution is 2.55. The van der Waals surface area contributed by atoms with Crippen LogP contribution >= 0.6 is 34.8 Å². The molecule has 6 rings (SSSR count). The molecule has 0 aromatic heterocycles. The van der Waals surface area contributed by atoms with Crippen LogP contribution in [0.1, 0.15) is 38.7 Å². The smallest absolute Gasteiger partial charge is 0.246 e. The number of likely N-dealkylation sites (tertiary alicyclic amines) is 1. The summed E-state index contributed by atoms with van der Waals surface area (Å²) in [6.45, 7) is 4.69. The van der Waals surface area contributed by atoms with Crippen molar-refractivity contribution >= 4 is 58.2 Å². The maximum Gasteiger partial charge on any atom is 0.246 e. The second-order valence-corrected chi connectivity index (χ2v) is 13.4. The van der Waals surface area contributed by atoms with Gasteiger partial charge < -0.3 is 20.3 Å². The summed E-state index contributed by atoms with van der Waals surface area (Å²) in [6.07, 6.45) is 6.62.